The molecule has 1 unspecified atom stereocenters. The van der Waals surface area contributed by atoms with Crippen molar-refractivity contribution in [3.8, 4) is 0 Å². The van der Waals surface area contributed by atoms with E-state index in [1.54, 1.807) is 0 Å². The summed E-state index contributed by atoms with van der Waals surface area (Å²) in [4.78, 5) is 0. The van der Waals surface area contributed by atoms with Gasteiger partial charge in [0.1, 0.15) is 0 Å². The molecule has 4 heteroatoms. The molecule has 0 aromatic heterocycles. The summed E-state index contributed by atoms with van der Waals surface area (Å²) in [6, 6.07) is 0. The molecule has 0 aliphatic carbocycles. The second-order valence-electron chi connectivity index (χ2n) is 0. The Balaban J connectivity index is 0. The quantitative estimate of drug-likeness (QED) is 0.344. The molecule has 1 radical (unpaired) electrons. The third-order valence-corrected chi connectivity index (χ3v) is 0. The molecule has 0 nitrogen and oxygen atoms in total. The van der Waals surface area contributed by atoms with Gasteiger partial charge in [-0.25, -0.2) is 0 Å². The monoisotopic (exact) mass is 147 g/mol. The molecule has 0 aliphatic rings. The third-order valence-electron chi connectivity index (χ3n) is 0. The van der Waals surface area contributed by atoms with E-state index in [0.717, 1.165) is 0 Å². The fraction of sp³-hybridized carbons (Fsp3) is 1.00. The summed E-state index contributed by atoms with van der Waals surface area (Å²) in [6.07, 6.45) is 0. The van der Waals surface area contributed by atoms with Crippen LogP contribution in [0.15, 0.2) is 0 Å². The second-order valence-corrected chi connectivity index (χ2v) is 0. The van der Waals surface area contributed by atoms with Gasteiger partial charge in [0, 0.05) is 35.9 Å². The summed E-state index contributed by atoms with van der Waals surface area (Å²) in [7, 11) is 0. The van der Waals surface area contributed by atoms with E-state index in [1.165, 1.54) is 0 Å². The Hall–Kier alpha value is 1.90. The Morgan fingerprint density at radius 1 is 1.00 bits per heavy atom. The number of rotatable bonds is 0. The predicted molar refractivity (Wildman–Crippen MR) is 34.0 cm³/mol. The molecule has 0 heterocycles. The fourth-order valence-electron chi connectivity index (χ4n) is 0. The molecule has 1 atom stereocenters. The molecule has 0 aromatic rings. The van der Waals surface area contributed by atoms with E-state index >= 15 is 0 Å². The zero-order valence-electron chi connectivity index (χ0n) is 2.56. The first kappa shape index (κ1) is 66.7. The van der Waals surface area contributed by atoms with Crippen molar-refractivity contribution in [2.45, 2.75) is 7.43 Å². The van der Waals surface area contributed by atoms with E-state index in [2.05, 4.69) is 0 Å². The Bertz CT molecular complexity index is 11.6. The first-order chi connectivity index (χ1) is 0. The molecule has 0 spiro atoms. The first-order valence-electron chi connectivity index (χ1n) is 0. The van der Waals surface area contributed by atoms with Crippen molar-refractivity contribution in [2.24, 2.45) is 0 Å². The minimum atomic E-state index is 0. The van der Waals surface area contributed by atoms with Crippen LogP contribution in [-0.2, 0) is 17.1 Å². The average Bonchev–Trinajstić information content (AvgIpc) is 0. The maximum absolute atomic E-state index is 0. The summed E-state index contributed by atoms with van der Waals surface area (Å²) >= 11 is 0. The van der Waals surface area contributed by atoms with Gasteiger partial charge in [-0.1, -0.05) is 7.43 Å². The number of hydrogen-bond donors (Lipinski definition) is 0. The second kappa shape index (κ2) is 39.3. The van der Waals surface area contributed by atoms with Gasteiger partial charge in [-0.2, -0.15) is 23.4 Å². The summed E-state index contributed by atoms with van der Waals surface area (Å²) in [6.45, 7) is 0. The molecule has 0 bridgehead atoms. The summed E-state index contributed by atoms with van der Waals surface area (Å²) in [5.41, 5.74) is 0. The Morgan fingerprint density at radius 2 is 1.00 bits per heavy atom. The zero-order valence-corrected chi connectivity index (χ0v) is 6.08. The SMILES string of the molecule is C.P.S.[Fe].[Li]. The van der Waals surface area contributed by atoms with Crippen molar-refractivity contribution >= 4 is 42.3 Å². The standard InChI is InChI=1S/CH4.Fe.Li.H3P.H2S/h1H4;;;1H3;1H2. The molecule has 0 fully saturated rings. The van der Waals surface area contributed by atoms with E-state index in [-0.39, 0.29) is 66.8 Å². The first-order valence-corrected chi connectivity index (χ1v) is 0. The number of hydrogen-bond acceptors (Lipinski definition) is 0. The minimum absolute atomic E-state index is 0. The van der Waals surface area contributed by atoms with Crippen LogP contribution in [-0.4, -0.2) is 18.9 Å². The van der Waals surface area contributed by atoms with Crippen LogP contribution >= 0.6 is 23.4 Å². The van der Waals surface area contributed by atoms with Crippen LogP contribution in [0.3, 0.4) is 0 Å². The largest absolute Gasteiger partial charge is 0.197 e. The maximum Gasteiger partial charge on any atom is 0 e. The van der Waals surface area contributed by atoms with E-state index in [4.69, 9.17) is 0 Å². The fourth-order valence-corrected chi connectivity index (χ4v) is 0. The molecule has 5 heavy (non-hydrogen) atoms. The topological polar surface area (TPSA) is 0 Å². The summed E-state index contributed by atoms with van der Waals surface area (Å²) < 4.78 is 0. The third kappa shape index (κ3) is 24.9. The van der Waals surface area contributed by atoms with Crippen LogP contribution in [0.2, 0.25) is 0 Å². The van der Waals surface area contributed by atoms with Crippen LogP contribution in [0.25, 0.3) is 0 Å². The average molecular weight is 147 g/mol. The van der Waals surface area contributed by atoms with Crippen LogP contribution in [0.4, 0.5) is 0 Å². The van der Waals surface area contributed by atoms with Crippen molar-refractivity contribution in [1.82, 2.24) is 0 Å². The molecular formula is CH9FeLiPS. The minimum Gasteiger partial charge on any atom is -0.197 e. The van der Waals surface area contributed by atoms with Crippen molar-refractivity contribution in [3.63, 3.8) is 0 Å². The van der Waals surface area contributed by atoms with Gasteiger partial charge in [0.25, 0.3) is 0 Å². The molecule has 33 valence electrons. The molecule has 0 saturated heterocycles. The molecule has 0 aliphatic heterocycles. The van der Waals surface area contributed by atoms with Crippen molar-refractivity contribution in [3.05, 3.63) is 0 Å². The van der Waals surface area contributed by atoms with Gasteiger partial charge in [-0.05, 0) is 0 Å². The van der Waals surface area contributed by atoms with Crippen molar-refractivity contribution < 1.29 is 17.1 Å². The normalized spacial score (nSPS) is 0. The van der Waals surface area contributed by atoms with Crippen LogP contribution in [0, 0.1) is 0 Å². The summed E-state index contributed by atoms with van der Waals surface area (Å²) in [5, 5.41) is 0. The van der Waals surface area contributed by atoms with Gasteiger partial charge in [0.05, 0.1) is 0 Å². The van der Waals surface area contributed by atoms with Gasteiger partial charge in [0.15, 0.2) is 0 Å². The van der Waals surface area contributed by atoms with Gasteiger partial charge in [-0.15, -0.1) is 0 Å². The maximum atomic E-state index is 0. The molecular weight excluding hydrogens is 138 g/mol. The molecule has 0 aromatic carbocycles. The van der Waals surface area contributed by atoms with Gasteiger partial charge >= 0.3 is 0 Å². The Labute approximate surface area is 66.6 Å². The predicted octanol–water partition coefficient (Wildman–Crippen LogP) is 0.424. The van der Waals surface area contributed by atoms with Crippen LogP contribution in [0.5, 0.6) is 0 Å². The zero-order chi connectivity index (χ0) is 0. The van der Waals surface area contributed by atoms with E-state index in [1.807, 2.05) is 0 Å². The Kier molecular flexibility index (Phi) is 524. The Morgan fingerprint density at radius 3 is 1.00 bits per heavy atom. The van der Waals surface area contributed by atoms with Gasteiger partial charge in [0.2, 0.25) is 0 Å². The van der Waals surface area contributed by atoms with Crippen molar-refractivity contribution in [1.29, 1.82) is 0 Å². The van der Waals surface area contributed by atoms with Crippen molar-refractivity contribution in [2.75, 3.05) is 0 Å². The van der Waals surface area contributed by atoms with Crippen LogP contribution in [0.1, 0.15) is 7.43 Å². The molecule has 0 rings (SSSR count). The van der Waals surface area contributed by atoms with Crippen LogP contribution < -0.4 is 0 Å². The molecule has 0 amide bonds. The van der Waals surface area contributed by atoms with E-state index < -0.39 is 0 Å². The van der Waals surface area contributed by atoms with E-state index in [9.17, 15) is 0 Å². The summed E-state index contributed by atoms with van der Waals surface area (Å²) in [5.74, 6) is 0. The molecule has 0 N–H and O–H groups in total. The van der Waals surface area contributed by atoms with E-state index in [0.29, 0.717) is 0 Å². The molecule has 0 saturated carbocycles. The smallest absolute Gasteiger partial charge is 0 e. The van der Waals surface area contributed by atoms with Gasteiger partial charge in [-0.3, -0.25) is 0 Å². The van der Waals surface area contributed by atoms with Gasteiger partial charge < -0.3 is 0 Å².